The zero-order valence-corrected chi connectivity index (χ0v) is 14.6. The lowest BCUT2D eigenvalue weighted by Gasteiger charge is -2.31. The van der Waals surface area contributed by atoms with Crippen molar-refractivity contribution in [3.05, 3.63) is 15.6 Å². The van der Waals surface area contributed by atoms with Crippen LogP contribution in [0.5, 0.6) is 0 Å². The summed E-state index contributed by atoms with van der Waals surface area (Å²) in [5.74, 6) is 0.218. The Morgan fingerprint density at radius 1 is 1.41 bits per heavy atom. The number of rotatable bonds is 5. The Kier molecular flexibility index (Phi) is 6.20. The average molecular weight is 325 g/mol. The van der Waals surface area contributed by atoms with Crippen LogP contribution in [0.1, 0.15) is 41.3 Å². The summed E-state index contributed by atoms with van der Waals surface area (Å²) in [5.41, 5.74) is 1.07. The number of hydrogen-bond acceptors (Lipinski definition) is 4. The maximum absolute atomic E-state index is 12.1. The summed E-state index contributed by atoms with van der Waals surface area (Å²) in [6.45, 7) is 5.27. The molecular formula is C16H27N3O2S. The first-order valence-electron chi connectivity index (χ1n) is 8.07. The van der Waals surface area contributed by atoms with Gasteiger partial charge in [0, 0.05) is 37.4 Å². The van der Waals surface area contributed by atoms with Crippen molar-refractivity contribution in [3.8, 4) is 0 Å². The predicted molar refractivity (Wildman–Crippen MR) is 89.3 cm³/mol. The maximum atomic E-state index is 12.1. The molecule has 1 aliphatic carbocycles. The molecule has 5 nitrogen and oxygen atoms in total. The van der Waals surface area contributed by atoms with E-state index in [0.29, 0.717) is 13.1 Å². The number of nitrogens with one attached hydrogen (secondary N) is 1. The van der Waals surface area contributed by atoms with Crippen LogP contribution in [0.3, 0.4) is 0 Å². The molecule has 0 bridgehead atoms. The zero-order chi connectivity index (χ0) is 16.1. The number of aliphatic hydroxyl groups is 1. The topological polar surface area (TPSA) is 65.5 Å². The molecule has 124 valence electrons. The predicted octanol–water partition coefficient (Wildman–Crippen LogP) is 2.49. The summed E-state index contributed by atoms with van der Waals surface area (Å²) in [6.07, 6.45) is 4.69. The van der Waals surface area contributed by atoms with Crippen LogP contribution in [0.15, 0.2) is 0 Å². The molecule has 22 heavy (non-hydrogen) atoms. The van der Waals surface area contributed by atoms with E-state index >= 15 is 0 Å². The van der Waals surface area contributed by atoms with Gasteiger partial charge in [-0.2, -0.15) is 0 Å². The SMILES string of the molecule is Cc1nc(C)c(CCNC(=O)N(C)CC2CCCCC2O)s1. The third-order valence-corrected chi connectivity index (χ3v) is 5.48. The van der Waals surface area contributed by atoms with Crippen molar-refractivity contribution in [1.82, 2.24) is 15.2 Å². The van der Waals surface area contributed by atoms with Crippen molar-refractivity contribution >= 4 is 17.4 Å². The zero-order valence-electron chi connectivity index (χ0n) is 13.8. The van der Waals surface area contributed by atoms with Crippen molar-refractivity contribution in [2.45, 2.75) is 52.1 Å². The monoisotopic (exact) mass is 325 g/mol. The lowest BCUT2D eigenvalue weighted by atomic mass is 9.86. The second-order valence-corrected chi connectivity index (χ2v) is 7.50. The molecule has 1 aromatic heterocycles. The molecule has 0 aliphatic heterocycles. The van der Waals surface area contributed by atoms with Gasteiger partial charge in [-0.05, 0) is 26.7 Å². The second-order valence-electron chi connectivity index (χ2n) is 6.22. The first-order valence-corrected chi connectivity index (χ1v) is 8.89. The Labute approximate surface area is 136 Å². The minimum absolute atomic E-state index is 0.0586. The van der Waals surface area contributed by atoms with E-state index in [4.69, 9.17) is 0 Å². The van der Waals surface area contributed by atoms with Gasteiger partial charge in [-0.1, -0.05) is 12.8 Å². The molecule has 1 fully saturated rings. The fourth-order valence-electron chi connectivity index (χ4n) is 3.06. The molecule has 0 aromatic carbocycles. The summed E-state index contributed by atoms with van der Waals surface area (Å²) in [5, 5.41) is 14.0. The van der Waals surface area contributed by atoms with Crippen molar-refractivity contribution < 1.29 is 9.90 Å². The summed E-state index contributed by atoms with van der Waals surface area (Å²) in [6, 6.07) is -0.0586. The molecule has 2 amide bonds. The summed E-state index contributed by atoms with van der Waals surface area (Å²) >= 11 is 1.69. The number of carbonyl (C=O) groups excluding carboxylic acids is 1. The molecule has 2 rings (SSSR count). The first-order chi connectivity index (χ1) is 10.5. The van der Waals surface area contributed by atoms with Gasteiger partial charge in [0.15, 0.2) is 0 Å². The molecule has 2 unspecified atom stereocenters. The summed E-state index contributed by atoms with van der Waals surface area (Å²) in [4.78, 5) is 19.5. The Balaban J connectivity index is 1.73. The number of nitrogens with zero attached hydrogens (tertiary/aromatic N) is 2. The quantitative estimate of drug-likeness (QED) is 0.874. The number of hydrogen-bond donors (Lipinski definition) is 2. The van der Waals surface area contributed by atoms with E-state index in [1.165, 1.54) is 4.88 Å². The van der Waals surface area contributed by atoms with Crippen LogP contribution in [0.4, 0.5) is 4.79 Å². The minimum atomic E-state index is -0.258. The van der Waals surface area contributed by atoms with Crippen LogP contribution in [-0.2, 0) is 6.42 Å². The molecule has 1 heterocycles. The molecule has 1 aromatic rings. The molecule has 2 N–H and O–H groups in total. The van der Waals surface area contributed by atoms with Crippen LogP contribution in [0, 0.1) is 19.8 Å². The van der Waals surface area contributed by atoms with E-state index in [1.54, 1.807) is 23.3 Å². The minimum Gasteiger partial charge on any atom is -0.393 e. The lowest BCUT2D eigenvalue weighted by molar-refractivity contribution is 0.0565. The van der Waals surface area contributed by atoms with Gasteiger partial charge in [0.1, 0.15) is 0 Å². The average Bonchev–Trinajstić information content (AvgIpc) is 2.79. The Hall–Kier alpha value is -1.14. The summed E-state index contributed by atoms with van der Waals surface area (Å²) in [7, 11) is 1.80. The molecule has 0 radical (unpaired) electrons. The van der Waals surface area contributed by atoms with Gasteiger partial charge in [-0.15, -0.1) is 11.3 Å². The Bertz CT molecular complexity index is 504. The van der Waals surface area contributed by atoms with Crippen molar-refractivity contribution in [3.63, 3.8) is 0 Å². The standard InChI is InChI=1S/C16H27N3O2S/c1-11-15(22-12(2)18-11)8-9-17-16(21)19(3)10-13-6-4-5-7-14(13)20/h13-14,20H,4-10H2,1-3H3,(H,17,21). The van der Waals surface area contributed by atoms with Crippen molar-refractivity contribution in [2.75, 3.05) is 20.1 Å². The molecule has 2 atom stereocenters. The van der Waals surface area contributed by atoms with Gasteiger partial charge in [0.2, 0.25) is 0 Å². The second kappa shape index (κ2) is 7.92. The number of thiazole rings is 1. The largest absolute Gasteiger partial charge is 0.393 e. The van der Waals surface area contributed by atoms with Crippen molar-refractivity contribution in [1.29, 1.82) is 0 Å². The van der Waals surface area contributed by atoms with E-state index in [2.05, 4.69) is 10.3 Å². The Morgan fingerprint density at radius 3 is 2.77 bits per heavy atom. The third kappa shape index (κ3) is 4.68. The smallest absolute Gasteiger partial charge is 0.317 e. The molecular weight excluding hydrogens is 298 g/mol. The fraction of sp³-hybridized carbons (Fsp3) is 0.750. The number of urea groups is 1. The highest BCUT2D eigenvalue weighted by Gasteiger charge is 2.25. The molecule has 1 saturated carbocycles. The van der Waals surface area contributed by atoms with E-state index < -0.39 is 0 Å². The normalized spacial score (nSPS) is 21.6. The fourth-order valence-corrected chi connectivity index (χ4v) is 4.00. The van der Waals surface area contributed by atoms with Gasteiger partial charge in [-0.25, -0.2) is 9.78 Å². The number of aromatic nitrogens is 1. The van der Waals surface area contributed by atoms with Crippen LogP contribution < -0.4 is 5.32 Å². The Morgan fingerprint density at radius 2 is 2.14 bits per heavy atom. The van der Waals surface area contributed by atoms with Gasteiger partial charge in [0.05, 0.1) is 16.8 Å². The van der Waals surface area contributed by atoms with Crippen LogP contribution in [0.25, 0.3) is 0 Å². The number of aryl methyl sites for hydroxylation is 2. The highest BCUT2D eigenvalue weighted by Crippen LogP contribution is 2.24. The third-order valence-electron chi connectivity index (χ3n) is 4.35. The number of aliphatic hydroxyl groups excluding tert-OH is 1. The summed E-state index contributed by atoms with van der Waals surface area (Å²) < 4.78 is 0. The van der Waals surface area contributed by atoms with Gasteiger partial charge >= 0.3 is 6.03 Å². The van der Waals surface area contributed by atoms with Crippen molar-refractivity contribution in [2.24, 2.45) is 5.92 Å². The van der Waals surface area contributed by atoms with Crippen LogP contribution >= 0.6 is 11.3 Å². The lowest BCUT2D eigenvalue weighted by Crippen LogP contribution is -2.43. The highest BCUT2D eigenvalue weighted by molar-refractivity contribution is 7.11. The van der Waals surface area contributed by atoms with Gasteiger partial charge in [0.25, 0.3) is 0 Å². The molecule has 0 saturated heterocycles. The van der Waals surface area contributed by atoms with E-state index in [-0.39, 0.29) is 18.1 Å². The molecule has 1 aliphatic rings. The highest BCUT2D eigenvalue weighted by atomic mass is 32.1. The van der Waals surface area contributed by atoms with E-state index in [1.807, 2.05) is 13.8 Å². The number of amides is 2. The van der Waals surface area contributed by atoms with E-state index in [0.717, 1.165) is 42.8 Å². The van der Waals surface area contributed by atoms with Crippen LogP contribution in [0.2, 0.25) is 0 Å². The number of carbonyl (C=O) groups is 1. The van der Waals surface area contributed by atoms with Gasteiger partial charge in [-0.3, -0.25) is 0 Å². The maximum Gasteiger partial charge on any atom is 0.317 e. The van der Waals surface area contributed by atoms with Gasteiger partial charge < -0.3 is 15.3 Å². The molecule has 0 spiro atoms. The van der Waals surface area contributed by atoms with Crippen LogP contribution in [-0.4, -0.2) is 47.3 Å². The molecule has 6 heteroatoms. The first kappa shape index (κ1) is 17.2. The van der Waals surface area contributed by atoms with E-state index in [9.17, 15) is 9.90 Å².